The standard InChI is InChI=1S/C16H19ClN4O2/c1-20(11-16(23)8-4-5-9-16)15(22)13-10-21(19-18-13)14-7-3-2-6-12(14)17/h2-3,6-7,10,23H,4-5,8-9,11H2,1H3. The van der Waals surface area contributed by atoms with E-state index in [1.807, 2.05) is 12.1 Å². The Morgan fingerprint density at radius 2 is 2.09 bits per heavy atom. The lowest BCUT2D eigenvalue weighted by atomic mass is 10.0. The van der Waals surface area contributed by atoms with E-state index in [9.17, 15) is 9.90 Å². The summed E-state index contributed by atoms with van der Waals surface area (Å²) >= 11 is 6.12. The summed E-state index contributed by atoms with van der Waals surface area (Å²) in [5.74, 6) is -0.261. The third kappa shape index (κ3) is 3.38. The first-order valence-electron chi connectivity index (χ1n) is 7.64. The maximum absolute atomic E-state index is 12.5. The van der Waals surface area contributed by atoms with Crippen LogP contribution < -0.4 is 0 Å². The first kappa shape index (κ1) is 16.0. The van der Waals surface area contributed by atoms with Gasteiger partial charge in [-0.1, -0.05) is 41.8 Å². The minimum Gasteiger partial charge on any atom is -0.388 e. The molecule has 1 aliphatic carbocycles. The minimum atomic E-state index is -0.775. The van der Waals surface area contributed by atoms with Crippen molar-refractivity contribution in [1.29, 1.82) is 0 Å². The number of carbonyl (C=O) groups is 1. The molecule has 1 amide bonds. The molecule has 1 N–H and O–H groups in total. The zero-order valence-corrected chi connectivity index (χ0v) is 13.7. The van der Waals surface area contributed by atoms with Gasteiger partial charge in [0.05, 0.1) is 22.5 Å². The van der Waals surface area contributed by atoms with E-state index in [0.717, 1.165) is 25.7 Å². The molecule has 0 saturated heterocycles. The lowest BCUT2D eigenvalue weighted by molar-refractivity contribution is 0.0155. The third-order valence-electron chi connectivity index (χ3n) is 4.22. The summed E-state index contributed by atoms with van der Waals surface area (Å²) < 4.78 is 1.48. The summed E-state index contributed by atoms with van der Waals surface area (Å²) in [6.45, 7) is 0.310. The zero-order chi connectivity index (χ0) is 16.4. The Morgan fingerprint density at radius 1 is 1.39 bits per heavy atom. The quantitative estimate of drug-likeness (QED) is 0.931. The molecule has 1 aliphatic rings. The average molecular weight is 335 g/mol. The van der Waals surface area contributed by atoms with Gasteiger partial charge in [-0.15, -0.1) is 5.10 Å². The molecule has 0 atom stereocenters. The second-order valence-corrected chi connectivity index (χ2v) is 6.50. The molecule has 1 aromatic heterocycles. The molecule has 7 heteroatoms. The van der Waals surface area contributed by atoms with Crippen molar-refractivity contribution in [3.05, 3.63) is 41.2 Å². The van der Waals surface area contributed by atoms with Crippen molar-refractivity contribution < 1.29 is 9.90 Å². The molecule has 0 unspecified atom stereocenters. The first-order chi connectivity index (χ1) is 11.0. The lowest BCUT2D eigenvalue weighted by Crippen LogP contribution is -2.42. The lowest BCUT2D eigenvalue weighted by Gasteiger charge is -2.28. The SMILES string of the molecule is CN(CC1(O)CCCC1)C(=O)c1cn(-c2ccccc2Cl)nn1. The van der Waals surface area contributed by atoms with Crippen molar-refractivity contribution in [1.82, 2.24) is 19.9 Å². The van der Waals surface area contributed by atoms with Crippen LogP contribution in [0.1, 0.15) is 36.2 Å². The number of carbonyl (C=O) groups excluding carboxylic acids is 1. The number of halogens is 1. The maximum Gasteiger partial charge on any atom is 0.275 e. The van der Waals surface area contributed by atoms with Gasteiger partial charge in [-0.2, -0.15) is 0 Å². The third-order valence-corrected chi connectivity index (χ3v) is 4.54. The molecule has 6 nitrogen and oxygen atoms in total. The fraction of sp³-hybridized carbons (Fsp3) is 0.438. The van der Waals surface area contributed by atoms with Gasteiger partial charge in [0.1, 0.15) is 0 Å². The Kier molecular flexibility index (Phi) is 4.37. The number of nitrogens with zero attached hydrogens (tertiary/aromatic N) is 4. The van der Waals surface area contributed by atoms with Gasteiger partial charge >= 0.3 is 0 Å². The molecule has 1 saturated carbocycles. The van der Waals surface area contributed by atoms with Crippen molar-refractivity contribution in [3.63, 3.8) is 0 Å². The first-order valence-corrected chi connectivity index (χ1v) is 8.01. The monoisotopic (exact) mass is 334 g/mol. The summed E-state index contributed by atoms with van der Waals surface area (Å²) in [6.07, 6.45) is 5.02. The van der Waals surface area contributed by atoms with Crippen LogP contribution in [0.2, 0.25) is 5.02 Å². The highest BCUT2D eigenvalue weighted by molar-refractivity contribution is 6.32. The Labute approximate surface area is 139 Å². The molecule has 2 aromatic rings. The van der Waals surface area contributed by atoms with E-state index in [1.165, 1.54) is 9.58 Å². The zero-order valence-electron chi connectivity index (χ0n) is 12.9. The van der Waals surface area contributed by atoms with Gasteiger partial charge in [0.15, 0.2) is 5.69 Å². The number of aromatic nitrogens is 3. The highest BCUT2D eigenvalue weighted by Gasteiger charge is 2.34. The molecule has 122 valence electrons. The number of aliphatic hydroxyl groups is 1. The average Bonchev–Trinajstić information content (AvgIpc) is 3.16. The molecule has 1 aromatic carbocycles. The smallest absolute Gasteiger partial charge is 0.275 e. The molecule has 0 aliphatic heterocycles. The highest BCUT2D eigenvalue weighted by atomic mass is 35.5. The maximum atomic E-state index is 12.5. The van der Waals surface area contributed by atoms with E-state index in [4.69, 9.17) is 11.6 Å². The Morgan fingerprint density at radius 3 is 2.78 bits per heavy atom. The number of rotatable bonds is 4. The van der Waals surface area contributed by atoms with E-state index in [0.29, 0.717) is 17.3 Å². The minimum absolute atomic E-state index is 0.231. The number of hydrogen-bond donors (Lipinski definition) is 1. The van der Waals surface area contributed by atoms with Gasteiger partial charge in [0, 0.05) is 13.6 Å². The Hall–Kier alpha value is -1.92. The number of hydrogen-bond acceptors (Lipinski definition) is 4. The van der Waals surface area contributed by atoms with E-state index in [1.54, 1.807) is 25.4 Å². The van der Waals surface area contributed by atoms with E-state index >= 15 is 0 Å². The Balaban J connectivity index is 1.74. The molecule has 3 rings (SSSR count). The summed E-state index contributed by atoms with van der Waals surface area (Å²) in [5.41, 5.74) is 0.121. The molecule has 0 spiro atoms. The van der Waals surface area contributed by atoms with Gasteiger partial charge in [0.25, 0.3) is 5.91 Å². The van der Waals surface area contributed by atoms with E-state index < -0.39 is 5.60 Å². The van der Waals surface area contributed by atoms with Crippen LogP contribution in [-0.2, 0) is 0 Å². The van der Waals surface area contributed by atoms with Crippen LogP contribution in [0, 0.1) is 0 Å². The number of likely N-dealkylation sites (N-methyl/N-ethyl adjacent to an activating group) is 1. The highest BCUT2D eigenvalue weighted by Crippen LogP contribution is 2.30. The number of amides is 1. The van der Waals surface area contributed by atoms with Crippen molar-refractivity contribution in [3.8, 4) is 5.69 Å². The van der Waals surface area contributed by atoms with Crippen LogP contribution in [0.3, 0.4) is 0 Å². The summed E-state index contributed by atoms with van der Waals surface area (Å²) in [6, 6.07) is 7.22. The van der Waals surface area contributed by atoms with Crippen molar-refractivity contribution in [2.45, 2.75) is 31.3 Å². The van der Waals surface area contributed by atoms with Crippen LogP contribution >= 0.6 is 11.6 Å². The Bertz CT molecular complexity index is 710. The molecule has 23 heavy (non-hydrogen) atoms. The van der Waals surface area contributed by atoms with Crippen molar-refractivity contribution >= 4 is 17.5 Å². The second-order valence-electron chi connectivity index (χ2n) is 6.09. The summed E-state index contributed by atoms with van der Waals surface area (Å²) in [4.78, 5) is 14.0. The molecular formula is C16H19ClN4O2. The molecule has 0 radical (unpaired) electrons. The molecule has 0 bridgehead atoms. The van der Waals surface area contributed by atoms with Crippen LogP contribution in [-0.4, -0.2) is 50.1 Å². The predicted molar refractivity (Wildman–Crippen MR) is 86.7 cm³/mol. The van der Waals surface area contributed by atoms with E-state index in [2.05, 4.69) is 10.3 Å². The van der Waals surface area contributed by atoms with Gasteiger partial charge in [0.2, 0.25) is 0 Å². The summed E-state index contributed by atoms with van der Waals surface area (Å²) in [5, 5.41) is 18.9. The largest absolute Gasteiger partial charge is 0.388 e. The fourth-order valence-electron chi connectivity index (χ4n) is 3.02. The van der Waals surface area contributed by atoms with Gasteiger partial charge in [-0.25, -0.2) is 4.68 Å². The van der Waals surface area contributed by atoms with E-state index in [-0.39, 0.29) is 11.6 Å². The number of benzene rings is 1. The van der Waals surface area contributed by atoms with Gasteiger partial charge in [-0.3, -0.25) is 4.79 Å². The normalized spacial score (nSPS) is 16.5. The molecule has 1 heterocycles. The second kappa shape index (κ2) is 6.29. The van der Waals surface area contributed by atoms with Gasteiger partial charge in [-0.05, 0) is 25.0 Å². The summed E-state index contributed by atoms with van der Waals surface area (Å²) in [7, 11) is 1.67. The van der Waals surface area contributed by atoms with Crippen molar-refractivity contribution in [2.75, 3.05) is 13.6 Å². The van der Waals surface area contributed by atoms with Crippen molar-refractivity contribution in [2.24, 2.45) is 0 Å². The molecule has 1 fully saturated rings. The fourth-order valence-corrected chi connectivity index (χ4v) is 3.24. The number of para-hydroxylation sites is 1. The van der Waals surface area contributed by atoms with Crippen LogP contribution in [0.15, 0.2) is 30.5 Å². The van der Waals surface area contributed by atoms with Crippen LogP contribution in [0.25, 0.3) is 5.69 Å². The van der Waals surface area contributed by atoms with Gasteiger partial charge < -0.3 is 10.0 Å². The predicted octanol–water partition coefficient (Wildman–Crippen LogP) is 2.30. The van der Waals surface area contributed by atoms with Crippen LogP contribution in [0.4, 0.5) is 0 Å². The van der Waals surface area contributed by atoms with Crippen LogP contribution in [0.5, 0.6) is 0 Å². The topological polar surface area (TPSA) is 71.2 Å². The molecular weight excluding hydrogens is 316 g/mol.